The molecule has 5 nitrogen and oxygen atoms in total. The van der Waals surface area contributed by atoms with Gasteiger partial charge in [-0.25, -0.2) is 0 Å². The van der Waals surface area contributed by atoms with Crippen molar-refractivity contribution in [1.82, 2.24) is 10.3 Å². The summed E-state index contributed by atoms with van der Waals surface area (Å²) >= 11 is 0. The third-order valence-corrected chi connectivity index (χ3v) is 1.86. The fourth-order valence-electron chi connectivity index (χ4n) is 1.19. The molecule has 15 heavy (non-hydrogen) atoms. The lowest BCUT2D eigenvalue weighted by atomic mass is 10.2. The molecule has 0 spiro atoms. The SMILES string of the molecule is COCC(C)NC(=O)c1ccc[nH]c1=O. The van der Waals surface area contributed by atoms with Gasteiger partial charge in [-0.3, -0.25) is 9.59 Å². The van der Waals surface area contributed by atoms with Gasteiger partial charge in [0.2, 0.25) is 0 Å². The van der Waals surface area contributed by atoms with Crippen molar-refractivity contribution in [2.45, 2.75) is 13.0 Å². The zero-order valence-corrected chi connectivity index (χ0v) is 8.74. The molecule has 0 bridgehead atoms. The first kappa shape index (κ1) is 11.5. The maximum atomic E-state index is 11.6. The van der Waals surface area contributed by atoms with Gasteiger partial charge in [0.25, 0.3) is 11.5 Å². The predicted octanol–water partition coefficient (Wildman–Crippen LogP) is 0.140. The highest BCUT2D eigenvalue weighted by Gasteiger charge is 2.11. The fraction of sp³-hybridized carbons (Fsp3) is 0.400. The Balaban J connectivity index is 2.70. The Kier molecular flexibility index (Phi) is 4.05. The second-order valence-electron chi connectivity index (χ2n) is 3.24. The van der Waals surface area contributed by atoms with Gasteiger partial charge in [0, 0.05) is 19.3 Å². The Labute approximate surface area is 87.5 Å². The van der Waals surface area contributed by atoms with E-state index < -0.39 is 0 Å². The van der Waals surface area contributed by atoms with Crippen molar-refractivity contribution in [2.24, 2.45) is 0 Å². The van der Waals surface area contributed by atoms with Gasteiger partial charge in [0.1, 0.15) is 5.56 Å². The molecule has 0 aliphatic carbocycles. The monoisotopic (exact) mass is 210 g/mol. The summed E-state index contributed by atoms with van der Waals surface area (Å²) < 4.78 is 4.87. The number of ether oxygens (including phenoxy) is 1. The first-order chi connectivity index (χ1) is 7.15. The number of hydrogen-bond acceptors (Lipinski definition) is 3. The molecule has 1 aromatic rings. The summed E-state index contributed by atoms with van der Waals surface area (Å²) in [4.78, 5) is 25.3. The van der Waals surface area contributed by atoms with Gasteiger partial charge in [-0.2, -0.15) is 0 Å². The lowest BCUT2D eigenvalue weighted by Gasteiger charge is -2.11. The number of pyridine rings is 1. The van der Waals surface area contributed by atoms with E-state index in [0.29, 0.717) is 6.61 Å². The normalized spacial score (nSPS) is 12.1. The summed E-state index contributed by atoms with van der Waals surface area (Å²) in [5.41, 5.74) is -0.278. The molecule has 2 N–H and O–H groups in total. The number of amides is 1. The van der Waals surface area contributed by atoms with Gasteiger partial charge in [0.15, 0.2) is 0 Å². The van der Waals surface area contributed by atoms with Crippen LogP contribution < -0.4 is 10.9 Å². The van der Waals surface area contributed by atoms with Crippen molar-refractivity contribution in [3.63, 3.8) is 0 Å². The van der Waals surface area contributed by atoms with Crippen molar-refractivity contribution < 1.29 is 9.53 Å². The summed E-state index contributed by atoms with van der Waals surface area (Å²) in [6, 6.07) is 2.97. The number of aromatic amines is 1. The van der Waals surface area contributed by atoms with Crippen LogP contribution in [0, 0.1) is 0 Å². The molecule has 0 aliphatic heterocycles. The van der Waals surface area contributed by atoms with Crippen LogP contribution in [-0.2, 0) is 4.74 Å². The number of methoxy groups -OCH3 is 1. The number of carbonyl (C=O) groups excluding carboxylic acids is 1. The number of rotatable bonds is 4. The molecule has 1 rings (SSSR count). The smallest absolute Gasteiger partial charge is 0.260 e. The average molecular weight is 210 g/mol. The van der Waals surface area contributed by atoms with Crippen LogP contribution in [-0.4, -0.2) is 30.6 Å². The summed E-state index contributed by atoms with van der Waals surface area (Å²) in [7, 11) is 1.55. The molecular weight excluding hydrogens is 196 g/mol. The van der Waals surface area contributed by atoms with E-state index in [2.05, 4.69) is 10.3 Å². The van der Waals surface area contributed by atoms with E-state index in [1.807, 2.05) is 0 Å². The quantitative estimate of drug-likeness (QED) is 0.742. The van der Waals surface area contributed by atoms with Gasteiger partial charge in [-0.1, -0.05) is 0 Å². The molecule has 1 amide bonds. The van der Waals surface area contributed by atoms with E-state index in [0.717, 1.165) is 0 Å². The number of hydrogen-bond donors (Lipinski definition) is 2. The Hall–Kier alpha value is -1.62. The lowest BCUT2D eigenvalue weighted by Crippen LogP contribution is -2.38. The summed E-state index contributed by atoms with van der Waals surface area (Å²) in [6.45, 7) is 2.22. The first-order valence-electron chi connectivity index (χ1n) is 4.62. The van der Waals surface area contributed by atoms with Crippen LogP contribution in [0.4, 0.5) is 0 Å². The zero-order valence-electron chi connectivity index (χ0n) is 8.74. The molecule has 1 aromatic heterocycles. The molecule has 5 heteroatoms. The molecule has 0 saturated carbocycles. The minimum Gasteiger partial charge on any atom is -0.383 e. The van der Waals surface area contributed by atoms with E-state index in [9.17, 15) is 9.59 Å². The molecule has 1 unspecified atom stereocenters. The largest absolute Gasteiger partial charge is 0.383 e. The molecule has 0 aromatic carbocycles. The van der Waals surface area contributed by atoms with Crippen molar-refractivity contribution in [3.05, 3.63) is 34.2 Å². The van der Waals surface area contributed by atoms with E-state index in [-0.39, 0.29) is 23.1 Å². The summed E-state index contributed by atoms with van der Waals surface area (Å²) in [5.74, 6) is -0.388. The average Bonchev–Trinajstić information content (AvgIpc) is 2.18. The minimum atomic E-state index is -0.389. The Morgan fingerprint density at radius 1 is 1.67 bits per heavy atom. The number of aromatic nitrogens is 1. The highest BCUT2D eigenvalue weighted by Crippen LogP contribution is 1.91. The molecule has 0 radical (unpaired) electrons. The van der Waals surface area contributed by atoms with Gasteiger partial charge in [0.05, 0.1) is 6.61 Å². The van der Waals surface area contributed by atoms with Crippen LogP contribution in [0.15, 0.2) is 23.1 Å². The van der Waals surface area contributed by atoms with Crippen LogP contribution in [0.25, 0.3) is 0 Å². The molecule has 1 atom stereocenters. The Morgan fingerprint density at radius 3 is 3.00 bits per heavy atom. The molecule has 1 heterocycles. The fourth-order valence-corrected chi connectivity index (χ4v) is 1.19. The third-order valence-electron chi connectivity index (χ3n) is 1.86. The summed E-state index contributed by atoms with van der Waals surface area (Å²) in [5, 5.41) is 2.65. The van der Waals surface area contributed by atoms with E-state index in [1.54, 1.807) is 20.1 Å². The molecule has 82 valence electrons. The maximum absolute atomic E-state index is 11.6. The second kappa shape index (κ2) is 5.31. The van der Waals surface area contributed by atoms with E-state index in [1.165, 1.54) is 12.3 Å². The van der Waals surface area contributed by atoms with Crippen molar-refractivity contribution >= 4 is 5.91 Å². The number of nitrogens with one attached hydrogen (secondary N) is 2. The van der Waals surface area contributed by atoms with E-state index in [4.69, 9.17) is 4.74 Å². The lowest BCUT2D eigenvalue weighted by molar-refractivity contribution is 0.0904. The first-order valence-corrected chi connectivity index (χ1v) is 4.62. The Morgan fingerprint density at radius 2 is 2.40 bits per heavy atom. The van der Waals surface area contributed by atoms with Crippen molar-refractivity contribution in [3.8, 4) is 0 Å². The standard InChI is InChI=1S/C10H14N2O3/c1-7(6-15-2)12-10(14)8-4-3-5-11-9(8)13/h3-5,7H,6H2,1-2H3,(H,11,13)(H,12,14). The molecule has 0 fully saturated rings. The highest BCUT2D eigenvalue weighted by molar-refractivity contribution is 5.93. The Bertz CT molecular complexity index is 386. The van der Waals surface area contributed by atoms with Crippen LogP contribution in [0.1, 0.15) is 17.3 Å². The van der Waals surface area contributed by atoms with Gasteiger partial charge >= 0.3 is 0 Å². The minimum absolute atomic E-state index is 0.112. The summed E-state index contributed by atoms with van der Waals surface area (Å²) in [6.07, 6.45) is 1.48. The van der Waals surface area contributed by atoms with Crippen LogP contribution in [0.5, 0.6) is 0 Å². The highest BCUT2D eigenvalue weighted by atomic mass is 16.5. The van der Waals surface area contributed by atoms with Gasteiger partial charge < -0.3 is 15.0 Å². The third kappa shape index (κ3) is 3.21. The number of carbonyl (C=O) groups is 1. The molecule has 0 saturated heterocycles. The van der Waals surface area contributed by atoms with Crippen LogP contribution >= 0.6 is 0 Å². The van der Waals surface area contributed by atoms with Crippen LogP contribution in [0.2, 0.25) is 0 Å². The predicted molar refractivity (Wildman–Crippen MR) is 55.9 cm³/mol. The molecular formula is C10H14N2O3. The maximum Gasteiger partial charge on any atom is 0.260 e. The van der Waals surface area contributed by atoms with E-state index >= 15 is 0 Å². The zero-order chi connectivity index (χ0) is 11.3. The second-order valence-corrected chi connectivity index (χ2v) is 3.24. The molecule has 0 aliphatic rings. The van der Waals surface area contributed by atoms with Gasteiger partial charge in [-0.05, 0) is 19.1 Å². The topological polar surface area (TPSA) is 71.2 Å². The van der Waals surface area contributed by atoms with Gasteiger partial charge in [-0.15, -0.1) is 0 Å². The van der Waals surface area contributed by atoms with Crippen LogP contribution in [0.3, 0.4) is 0 Å². The number of H-pyrrole nitrogens is 1. The van der Waals surface area contributed by atoms with Crippen molar-refractivity contribution in [1.29, 1.82) is 0 Å². The van der Waals surface area contributed by atoms with Crippen molar-refractivity contribution in [2.75, 3.05) is 13.7 Å².